The van der Waals surface area contributed by atoms with E-state index in [4.69, 9.17) is 5.11 Å². The molecule has 0 aromatic carbocycles. The lowest BCUT2D eigenvalue weighted by atomic mass is 10.2. The Labute approximate surface area is 88.4 Å². The van der Waals surface area contributed by atoms with Crippen LogP contribution in [0.5, 0.6) is 0 Å². The van der Waals surface area contributed by atoms with Crippen molar-refractivity contribution in [3.63, 3.8) is 0 Å². The van der Waals surface area contributed by atoms with Gasteiger partial charge in [0.15, 0.2) is 0 Å². The molecule has 0 aliphatic rings. The number of aliphatic carboxylic acids is 1. The van der Waals surface area contributed by atoms with E-state index in [1.807, 2.05) is 6.26 Å². The molecule has 0 heterocycles. The summed E-state index contributed by atoms with van der Waals surface area (Å²) in [7, 11) is 0. The quantitative estimate of drug-likeness (QED) is 0.629. The number of amides is 1. The SMILES string of the molecule is CSCCCCC(=O)N[C@@H](C)C(=O)O. The summed E-state index contributed by atoms with van der Waals surface area (Å²) in [4.78, 5) is 21.5. The predicted octanol–water partition coefficient (Wildman–Crippen LogP) is 1.11. The summed E-state index contributed by atoms with van der Waals surface area (Å²) in [6.07, 6.45) is 4.25. The molecule has 1 amide bonds. The molecule has 1 atom stereocenters. The number of thioether (sulfide) groups is 1. The largest absolute Gasteiger partial charge is 0.480 e. The average molecular weight is 219 g/mol. The summed E-state index contributed by atoms with van der Waals surface area (Å²) < 4.78 is 0. The van der Waals surface area contributed by atoms with Crippen molar-refractivity contribution in [2.45, 2.75) is 32.2 Å². The Balaban J connectivity index is 3.50. The van der Waals surface area contributed by atoms with Crippen molar-refractivity contribution < 1.29 is 14.7 Å². The fraction of sp³-hybridized carbons (Fsp3) is 0.778. The molecule has 0 aliphatic carbocycles. The highest BCUT2D eigenvalue weighted by Gasteiger charge is 2.12. The Hall–Kier alpha value is -0.710. The van der Waals surface area contributed by atoms with Crippen LogP contribution >= 0.6 is 11.8 Å². The summed E-state index contributed by atoms with van der Waals surface area (Å²) in [6, 6.07) is -0.789. The minimum absolute atomic E-state index is 0.180. The zero-order valence-electron chi connectivity index (χ0n) is 8.58. The lowest BCUT2D eigenvalue weighted by molar-refractivity contribution is -0.141. The lowest BCUT2D eigenvalue weighted by Gasteiger charge is -2.08. The van der Waals surface area contributed by atoms with Gasteiger partial charge in [0.05, 0.1) is 0 Å². The number of carboxylic acids is 1. The first-order valence-corrected chi connectivity index (χ1v) is 5.98. The Morgan fingerprint density at radius 3 is 2.57 bits per heavy atom. The third-order valence-electron chi connectivity index (χ3n) is 1.75. The number of carboxylic acid groups (broad SMARTS) is 1. The van der Waals surface area contributed by atoms with E-state index in [2.05, 4.69) is 5.32 Å². The van der Waals surface area contributed by atoms with E-state index in [1.165, 1.54) is 6.92 Å². The molecule has 14 heavy (non-hydrogen) atoms. The molecule has 0 saturated carbocycles. The second-order valence-corrected chi connectivity index (χ2v) is 4.06. The molecule has 0 bridgehead atoms. The first kappa shape index (κ1) is 13.3. The number of carbonyl (C=O) groups excluding carboxylic acids is 1. The Morgan fingerprint density at radius 1 is 1.43 bits per heavy atom. The number of hydrogen-bond donors (Lipinski definition) is 2. The molecule has 0 radical (unpaired) electrons. The molecule has 0 spiro atoms. The molecule has 82 valence electrons. The first-order valence-electron chi connectivity index (χ1n) is 4.59. The number of carbonyl (C=O) groups is 2. The van der Waals surface area contributed by atoms with Crippen LogP contribution < -0.4 is 5.32 Å². The summed E-state index contributed by atoms with van der Waals surface area (Å²) in [5.74, 6) is -0.134. The molecule has 0 rings (SSSR count). The van der Waals surface area contributed by atoms with E-state index >= 15 is 0 Å². The van der Waals surface area contributed by atoms with Gasteiger partial charge in [-0.1, -0.05) is 0 Å². The Morgan fingerprint density at radius 2 is 2.07 bits per heavy atom. The van der Waals surface area contributed by atoms with Crippen LogP contribution in [0.25, 0.3) is 0 Å². The van der Waals surface area contributed by atoms with E-state index in [0.29, 0.717) is 6.42 Å². The van der Waals surface area contributed by atoms with Gasteiger partial charge in [-0.15, -0.1) is 0 Å². The Kier molecular flexibility index (Phi) is 7.28. The van der Waals surface area contributed by atoms with E-state index < -0.39 is 12.0 Å². The normalized spacial score (nSPS) is 12.1. The predicted molar refractivity (Wildman–Crippen MR) is 57.5 cm³/mol. The minimum Gasteiger partial charge on any atom is -0.480 e. The zero-order chi connectivity index (χ0) is 11.0. The van der Waals surface area contributed by atoms with Gasteiger partial charge in [-0.05, 0) is 31.8 Å². The Bertz CT molecular complexity index is 196. The third kappa shape index (κ3) is 6.77. The molecule has 0 aromatic rings. The smallest absolute Gasteiger partial charge is 0.325 e. The highest BCUT2D eigenvalue weighted by molar-refractivity contribution is 7.98. The second-order valence-electron chi connectivity index (χ2n) is 3.08. The van der Waals surface area contributed by atoms with Gasteiger partial charge in [0.25, 0.3) is 0 Å². The molecular weight excluding hydrogens is 202 g/mol. The number of rotatable bonds is 7. The van der Waals surface area contributed by atoms with Gasteiger partial charge in [0.2, 0.25) is 5.91 Å². The summed E-state index contributed by atoms with van der Waals surface area (Å²) >= 11 is 1.75. The number of hydrogen-bond acceptors (Lipinski definition) is 3. The van der Waals surface area contributed by atoms with Crippen molar-refractivity contribution in [2.75, 3.05) is 12.0 Å². The maximum atomic E-state index is 11.1. The summed E-state index contributed by atoms with van der Waals surface area (Å²) in [6.45, 7) is 1.46. The molecule has 0 fully saturated rings. The van der Waals surface area contributed by atoms with Crippen molar-refractivity contribution in [3.05, 3.63) is 0 Å². The van der Waals surface area contributed by atoms with Crippen LogP contribution in [0.2, 0.25) is 0 Å². The topological polar surface area (TPSA) is 66.4 Å². The van der Waals surface area contributed by atoms with Gasteiger partial charge >= 0.3 is 5.97 Å². The third-order valence-corrected chi connectivity index (χ3v) is 2.45. The molecule has 0 aromatic heterocycles. The monoisotopic (exact) mass is 219 g/mol. The van der Waals surface area contributed by atoms with E-state index in [9.17, 15) is 9.59 Å². The van der Waals surface area contributed by atoms with Crippen LogP contribution in [-0.4, -0.2) is 35.0 Å². The molecule has 4 nitrogen and oxygen atoms in total. The van der Waals surface area contributed by atoms with Gasteiger partial charge in [0.1, 0.15) is 6.04 Å². The molecule has 0 aliphatic heterocycles. The van der Waals surface area contributed by atoms with Crippen LogP contribution in [0.15, 0.2) is 0 Å². The van der Waals surface area contributed by atoms with Crippen LogP contribution in [0.1, 0.15) is 26.2 Å². The van der Waals surface area contributed by atoms with Gasteiger partial charge in [-0.25, -0.2) is 0 Å². The van der Waals surface area contributed by atoms with Crippen molar-refractivity contribution in [3.8, 4) is 0 Å². The zero-order valence-corrected chi connectivity index (χ0v) is 9.39. The van der Waals surface area contributed by atoms with Crippen molar-refractivity contribution in [1.82, 2.24) is 5.32 Å². The number of nitrogens with one attached hydrogen (secondary N) is 1. The highest BCUT2D eigenvalue weighted by Crippen LogP contribution is 2.02. The summed E-state index contributed by atoms with van der Waals surface area (Å²) in [5.41, 5.74) is 0. The average Bonchev–Trinajstić information content (AvgIpc) is 2.12. The molecule has 0 saturated heterocycles. The maximum Gasteiger partial charge on any atom is 0.325 e. The molecular formula is C9H17NO3S. The van der Waals surface area contributed by atoms with Crippen molar-refractivity contribution in [2.24, 2.45) is 0 Å². The first-order chi connectivity index (χ1) is 6.57. The van der Waals surface area contributed by atoms with Gasteiger partial charge in [-0.2, -0.15) is 11.8 Å². The van der Waals surface area contributed by atoms with Gasteiger partial charge in [-0.3, -0.25) is 9.59 Å². The second kappa shape index (κ2) is 7.67. The fourth-order valence-electron chi connectivity index (χ4n) is 0.907. The van der Waals surface area contributed by atoms with Crippen molar-refractivity contribution >= 4 is 23.6 Å². The van der Waals surface area contributed by atoms with Crippen LogP contribution in [0.3, 0.4) is 0 Å². The van der Waals surface area contributed by atoms with Crippen LogP contribution in [-0.2, 0) is 9.59 Å². The number of unbranched alkanes of at least 4 members (excludes halogenated alkanes) is 1. The lowest BCUT2D eigenvalue weighted by Crippen LogP contribution is -2.38. The van der Waals surface area contributed by atoms with E-state index in [1.54, 1.807) is 11.8 Å². The van der Waals surface area contributed by atoms with E-state index in [-0.39, 0.29) is 5.91 Å². The minimum atomic E-state index is -0.998. The maximum absolute atomic E-state index is 11.1. The van der Waals surface area contributed by atoms with Crippen LogP contribution in [0.4, 0.5) is 0 Å². The highest BCUT2D eigenvalue weighted by atomic mass is 32.2. The van der Waals surface area contributed by atoms with E-state index in [0.717, 1.165) is 18.6 Å². The van der Waals surface area contributed by atoms with Gasteiger partial charge < -0.3 is 10.4 Å². The standard InChI is InChI=1S/C9H17NO3S/c1-7(9(12)13)10-8(11)5-3-4-6-14-2/h7H,3-6H2,1-2H3,(H,10,11)(H,12,13)/t7-/m0/s1. The molecule has 5 heteroatoms. The van der Waals surface area contributed by atoms with Crippen LogP contribution in [0, 0.1) is 0 Å². The van der Waals surface area contributed by atoms with Gasteiger partial charge in [0, 0.05) is 6.42 Å². The molecule has 0 unspecified atom stereocenters. The summed E-state index contributed by atoms with van der Waals surface area (Å²) in [5, 5.41) is 10.9. The molecule has 2 N–H and O–H groups in total. The fourth-order valence-corrected chi connectivity index (χ4v) is 1.40. The van der Waals surface area contributed by atoms with Crippen molar-refractivity contribution in [1.29, 1.82) is 0 Å².